The van der Waals surface area contributed by atoms with Crippen LogP contribution in [0.3, 0.4) is 0 Å². The van der Waals surface area contributed by atoms with Crippen LogP contribution in [0, 0.1) is 0 Å². The van der Waals surface area contributed by atoms with Gasteiger partial charge in [-0.25, -0.2) is 4.79 Å². The van der Waals surface area contributed by atoms with Crippen LogP contribution in [0.4, 0.5) is 0 Å². The maximum Gasteiger partial charge on any atom is 0.337 e. The number of hydrogen-bond acceptors (Lipinski definition) is 3. The van der Waals surface area contributed by atoms with E-state index in [1.165, 1.54) is 7.11 Å². The van der Waals surface area contributed by atoms with E-state index in [-0.39, 0.29) is 16.9 Å². The number of fused-ring (bicyclic) bond motifs is 3. The number of ether oxygens (including phenoxy) is 1. The Hall–Kier alpha value is -2.50. The van der Waals surface area contributed by atoms with Gasteiger partial charge in [0.05, 0.1) is 28.3 Å². The molecule has 1 N–H and O–H groups in total. The van der Waals surface area contributed by atoms with Crippen LogP contribution >= 0.6 is 23.2 Å². The van der Waals surface area contributed by atoms with Gasteiger partial charge in [-0.3, -0.25) is 4.79 Å². The summed E-state index contributed by atoms with van der Waals surface area (Å²) in [5.74, 6) is -0.548. The van der Waals surface area contributed by atoms with E-state index in [2.05, 4.69) is 4.98 Å². The predicted octanol–water partition coefficient (Wildman–Crippen LogP) is 4.46. The standard InChI is InChI=1S/C20H16Cl2N2O3/c1-27-20(26)11-5-6-16-13(9-11)14-10-24(8-7-17(14)23-16)19(25)12-3-2-4-15(21)18(12)22/h2-6,9,23H,7-8,10H2,1H3. The Morgan fingerprint density at radius 2 is 2.00 bits per heavy atom. The fraction of sp³-hybridized carbons (Fsp3) is 0.200. The average molecular weight is 403 g/mol. The van der Waals surface area contributed by atoms with Gasteiger partial charge in [-0.2, -0.15) is 0 Å². The van der Waals surface area contributed by atoms with Gasteiger partial charge in [0.15, 0.2) is 0 Å². The summed E-state index contributed by atoms with van der Waals surface area (Å²) >= 11 is 12.3. The van der Waals surface area contributed by atoms with E-state index in [9.17, 15) is 9.59 Å². The van der Waals surface area contributed by atoms with Crippen molar-refractivity contribution in [3.63, 3.8) is 0 Å². The van der Waals surface area contributed by atoms with Crippen LogP contribution in [-0.4, -0.2) is 35.4 Å². The van der Waals surface area contributed by atoms with E-state index in [0.717, 1.165) is 22.2 Å². The Balaban J connectivity index is 1.70. The Morgan fingerprint density at radius 1 is 1.19 bits per heavy atom. The molecule has 27 heavy (non-hydrogen) atoms. The highest BCUT2D eigenvalue weighted by atomic mass is 35.5. The number of H-pyrrole nitrogens is 1. The van der Waals surface area contributed by atoms with Crippen molar-refractivity contribution in [3.8, 4) is 0 Å². The Kier molecular flexibility index (Phi) is 4.58. The van der Waals surface area contributed by atoms with Gasteiger partial charge in [0.25, 0.3) is 5.91 Å². The summed E-state index contributed by atoms with van der Waals surface area (Å²) < 4.78 is 4.81. The van der Waals surface area contributed by atoms with Gasteiger partial charge in [0, 0.05) is 41.7 Å². The topological polar surface area (TPSA) is 62.4 Å². The van der Waals surface area contributed by atoms with Crippen molar-refractivity contribution >= 4 is 46.0 Å². The number of rotatable bonds is 2. The molecule has 1 amide bonds. The summed E-state index contributed by atoms with van der Waals surface area (Å²) in [5, 5.41) is 1.54. The lowest BCUT2D eigenvalue weighted by Gasteiger charge is -2.27. The molecule has 7 heteroatoms. The molecular weight excluding hydrogens is 387 g/mol. The Morgan fingerprint density at radius 3 is 2.78 bits per heavy atom. The van der Waals surface area contributed by atoms with Crippen LogP contribution < -0.4 is 0 Å². The van der Waals surface area contributed by atoms with Crippen LogP contribution in [0.1, 0.15) is 32.0 Å². The van der Waals surface area contributed by atoms with Crippen LogP contribution in [0.15, 0.2) is 36.4 Å². The maximum atomic E-state index is 13.0. The highest BCUT2D eigenvalue weighted by Gasteiger charge is 2.26. The third kappa shape index (κ3) is 3.07. The molecule has 0 saturated heterocycles. The molecule has 4 rings (SSSR count). The Bertz CT molecular complexity index is 1070. The van der Waals surface area contributed by atoms with Gasteiger partial charge in [-0.15, -0.1) is 0 Å². The fourth-order valence-electron chi connectivity index (χ4n) is 3.47. The largest absolute Gasteiger partial charge is 0.465 e. The van der Waals surface area contributed by atoms with E-state index in [1.807, 2.05) is 6.07 Å². The minimum Gasteiger partial charge on any atom is -0.465 e. The van der Waals surface area contributed by atoms with E-state index in [1.54, 1.807) is 35.2 Å². The predicted molar refractivity (Wildman–Crippen MR) is 105 cm³/mol. The second-order valence-corrected chi connectivity index (χ2v) is 7.20. The lowest BCUT2D eigenvalue weighted by atomic mass is 10.0. The lowest BCUT2D eigenvalue weighted by molar-refractivity contribution is 0.0600. The number of carbonyl (C=O) groups is 2. The molecule has 2 heterocycles. The van der Waals surface area contributed by atoms with Crippen molar-refractivity contribution < 1.29 is 14.3 Å². The van der Waals surface area contributed by atoms with Crippen LogP contribution in [0.2, 0.25) is 10.0 Å². The van der Waals surface area contributed by atoms with E-state index in [4.69, 9.17) is 27.9 Å². The molecule has 0 spiro atoms. The van der Waals surface area contributed by atoms with Crippen molar-refractivity contribution in [2.45, 2.75) is 13.0 Å². The third-order valence-electron chi connectivity index (χ3n) is 4.87. The number of esters is 1. The molecule has 0 saturated carbocycles. The average Bonchev–Trinajstić information content (AvgIpc) is 3.06. The number of carbonyl (C=O) groups excluding carboxylic acids is 2. The first-order valence-electron chi connectivity index (χ1n) is 8.44. The molecule has 0 unspecified atom stereocenters. The number of aromatic amines is 1. The number of amides is 1. The number of nitrogens with one attached hydrogen (secondary N) is 1. The van der Waals surface area contributed by atoms with Gasteiger partial charge in [-0.05, 0) is 30.3 Å². The maximum absolute atomic E-state index is 13.0. The monoisotopic (exact) mass is 402 g/mol. The van der Waals surface area contributed by atoms with Crippen molar-refractivity contribution in [2.24, 2.45) is 0 Å². The first kappa shape index (κ1) is 17.9. The summed E-state index contributed by atoms with van der Waals surface area (Å²) in [6.07, 6.45) is 0.696. The molecule has 0 fully saturated rings. The number of nitrogens with zero attached hydrogens (tertiary/aromatic N) is 1. The van der Waals surface area contributed by atoms with Gasteiger partial charge < -0.3 is 14.6 Å². The molecule has 1 aromatic heterocycles. The molecule has 0 radical (unpaired) electrons. The minimum absolute atomic E-state index is 0.161. The van der Waals surface area contributed by atoms with E-state index in [0.29, 0.717) is 35.7 Å². The highest BCUT2D eigenvalue weighted by Crippen LogP contribution is 2.31. The zero-order valence-electron chi connectivity index (χ0n) is 14.5. The normalized spacial score (nSPS) is 13.5. The SMILES string of the molecule is COC(=O)c1ccc2[nH]c3c(c2c1)CN(C(=O)c1cccc(Cl)c1Cl)CC3. The molecular formula is C20H16Cl2N2O3. The first-order chi connectivity index (χ1) is 13.0. The molecule has 0 bridgehead atoms. The number of hydrogen-bond donors (Lipinski definition) is 1. The summed E-state index contributed by atoms with van der Waals surface area (Å²) in [4.78, 5) is 29.9. The van der Waals surface area contributed by atoms with E-state index < -0.39 is 0 Å². The number of halogens is 2. The molecule has 138 valence electrons. The minimum atomic E-state index is -0.388. The molecule has 5 nitrogen and oxygen atoms in total. The molecule has 1 aliphatic rings. The zero-order chi connectivity index (χ0) is 19.1. The molecule has 0 aliphatic carbocycles. The molecule has 2 aromatic carbocycles. The van der Waals surface area contributed by atoms with Gasteiger partial charge in [-0.1, -0.05) is 29.3 Å². The van der Waals surface area contributed by atoms with Gasteiger partial charge in [0.2, 0.25) is 0 Å². The first-order valence-corrected chi connectivity index (χ1v) is 9.20. The second kappa shape index (κ2) is 6.91. The number of aromatic nitrogens is 1. The fourth-order valence-corrected chi connectivity index (χ4v) is 3.85. The summed E-state index contributed by atoms with van der Waals surface area (Å²) in [6.45, 7) is 1.01. The highest BCUT2D eigenvalue weighted by molar-refractivity contribution is 6.43. The second-order valence-electron chi connectivity index (χ2n) is 6.41. The number of methoxy groups -OCH3 is 1. The van der Waals surface area contributed by atoms with Crippen LogP contribution in [-0.2, 0) is 17.7 Å². The van der Waals surface area contributed by atoms with Crippen molar-refractivity contribution in [1.82, 2.24) is 9.88 Å². The molecule has 0 atom stereocenters. The lowest BCUT2D eigenvalue weighted by Crippen LogP contribution is -2.36. The molecule has 3 aromatic rings. The smallest absolute Gasteiger partial charge is 0.337 e. The number of benzene rings is 2. The molecule has 1 aliphatic heterocycles. The van der Waals surface area contributed by atoms with E-state index >= 15 is 0 Å². The summed E-state index contributed by atoms with van der Waals surface area (Å²) in [7, 11) is 1.36. The summed E-state index contributed by atoms with van der Waals surface area (Å²) in [5.41, 5.74) is 3.89. The third-order valence-corrected chi connectivity index (χ3v) is 5.68. The zero-order valence-corrected chi connectivity index (χ0v) is 16.0. The van der Waals surface area contributed by atoms with Crippen molar-refractivity contribution in [1.29, 1.82) is 0 Å². The van der Waals surface area contributed by atoms with Crippen molar-refractivity contribution in [3.05, 3.63) is 68.8 Å². The van der Waals surface area contributed by atoms with Gasteiger partial charge >= 0.3 is 5.97 Å². The summed E-state index contributed by atoms with van der Waals surface area (Å²) in [6, 6.07) is 10.4. The van der Waals surface area contributed by atoms with Crippen LogP contribution in [0.25, 0.3) is 10.9 Å². The quantitative estimate of drug-likeness (QED) is 0.643. The Labute approximate surface area is 165 Å². The van der Waals surface area contributed by atoms with Gasteiger partial charge in [0.1, 0.15) is 0 Å². The van der Waals surface area contributed by atoms with Crippen LogP contribution in [0.5, 0.6) is 0 Å². The van der Waals surface area contributed by atoms with Crippen molar-refractivity contribution in [2.75, 3.05) is 13.7 Å².